The lowest BCUT2D eigenvalue weighted by atomic mass is 9.87. The highest BCUT2D eigenvalue weighted by molar-refractivity contribution is 5.91. The van der Waals surface area contributed by atoms with Crippen molar-refractivity contribution in [3.05, 3.63) is 48.7 Å². The van der Waals surface area contributed by atoms with Crippen LogP contribution in [0.15, 0.2) is 47.3 Å². The van der Waals surface area contributed by atoms with Gasteiger partial charge in [-0.05, 0) is 31.4 Å². The SMILES string of the molecule is CN(c1ccccc1)[C@H]1COC2(CCN(C(=O)c3cnco3)CC2)C1. The van der Waals surface area contributed by atoms with Crippen molar-refractivity contribution in [3.8, 4) is 0 Å². The van der Waals surface area contributed by atoms with Crippen LogP contribution in [0.5, 0.6) is 0 Å². The molecule has 1 amide bonds. The summed E-state index contributed by atoms with van der Waals surface area (Å²) in [5.74, 6) is 0.230. The maximum absolute atomic E-state index is 12.4. The molecule has 2 saturated heterocycles. The van der Waals surface area contributed by atoms with Gasteiger partial charge in [-0.2, -0.15) is 0 Å². The van der Waals surface area contributed by atoms with E-state index in [0.29, 0.717) is 24.9 Å². The minimum Gasteiger partial charge on any atom is -0.438 e. The number of likely N-dealkylation sites (tertiary alicyclic amines) is 1. The summed E-state index contributed by atoms with van der Waals surface area (Å²) >= 11 is 0. The van der Waals surface area contributed by atoms with Gasteiger partial charge in [0.05, 0.1) is 24.4 Å². The highest BCUT2D eigenvalue weighted by atomic mass is 16.5. The predicted molar refractivity (Wildman–Crippen MR) is 93.6 cm³/mol. The summed E-state index contributed by atoms with van der Waals surface area (Å²) in [7, 11) is 2.13. The molecular formula is C19H23N3O3. The van der Waals surface area contributed by atoms with Gasteiger partial charge in [0.2, 0.25) is 5.76 Å². The predicted octanol–water partition coefficient (Wildman–Crippen LogP) is 2.57. The Morgan fingerprint density at radius 2 is 2.04 bits per heavy atom. The van der Waals surface area contributed by atoms with Crippen molar-refractivity contribution in [2.75, 3.05) is 31.6 Å². The summed E-state index contributed by atoms with van der Waals surface area (Å²) in [5, 5.41) is 0. The molecule has 0 N–H and O–H groups in total. The normalized spacial score (nSPS) is 22.3. The highest BCUT2D eigenvalue weighted by Crippen LogP contribution is 2.38. The fourth-order valence-electron chi connectivity index (χ4n) is 3.89. The zero-order chi connectivity index (χ0) is 17.3. The van der Waals surface area contributed by atoms with Crippen molar-refractivity contribution in [2.24, 2.45) is 0 Å². The van der Waals surface area contributed by atoms with E-state index in [0.717, 1.165) is 25.9 Å². The second kappa shape index (κ2) is 6.52. The van der Waals surface area contributed by atoms with Crippen LogP contribution in [-0.2, 0) is 4.74 Å². The average Bonchev–Trinajstić information content (AvgIpc) is 3.33. The van der Waals surface area contributed by atoms with Crippen LogP contribution in [0.1, 0.15) is 29.8 Å². The first-order valence-electron chi connectivity index (χ1n) is 8.76. The number of anilines is 1. The topological polar surface area (TPSA) is 58.8 Å². The Labute approximate surface area is 147 Å². The van der Waals surface area contributed by atoms with Crippen LogP contribution in [0.3, 0.4) is 0 Å². The molecule has 0 unspecified atom stereocenters. The van der Waals surface area contributed by atoms with E-state index < -0.39 is 0 Å². The molecule has 4 rings (SSSR count). The number of benzene rings is 1. The van der Waals surface area contributed by atoms with Gasteiger partial charge in [0.25, 0.3) is 5.91 Å². The molecule has 2 aliphatic rings. The minimum atomic E-state index is -0.105. The van der Waals surface area contributed by atoms with Gasteiger partial charge in [0.1, 0.15) is 0 Å². The van der Waals surface area contributed by atoms with E-state index in [2.05, 4.69) is 41.2 Å². The molecule has 1 atom stereocenters. The van der Waals surface area contributed by atoms with Gasteiger partial charge in [-0.15, -0.1) is 0 Å². The van der Waals surface area contributed by atoms with Gasteiger partial charge in [-0.1, -0.05) is 18.2 Å². The van der Waals surface area contributed by atoms with Crippen molar-refractivity contribution in [2.45, 2.75) is 30.9 Å². The second-order valence-electron chi connectivity index (χ2n) is 6.96. The third kappa shape index (κ3) is 3.14. The smallest absolute Gasteiger partial charge is 0.291 e. The second-order valence-corrected chi connectivity index (χ2v) is 6.96. The highest BCUT2D eigenvalue weighted by Gasteiger charge is 2.44. The Balaban J connectivity index is 1.37. The number of oxazole rings is 1. The number of nitrogens with zero attached hydrogens (tertiary/aromatic N) is 3. The standard InChI is InChI=1S/C19H23N3O3/c1-21(15-5-3-2-4-6-15)16-11-19(25-13-16)7-9-22(10-8-19)18(23)17-12-20-14-24-17/h2-6,12,14,16H,7-11,13H2,1H3/t16-/m1/s1. The molecule has 1 aromatic heterocycles. The number of likely N-dealkylation sites (N-methyl/N-ethyl adjacent to an activating group) is 1. The Hall–Kier alpha value is -2.34. The van der Waals surface area contributed by atoms with Gasteiger partial charge in [0.15, 0.2) is 6.39 Å². The van der Waals surface area contributed by atoms with Crippen LogP contribution in [0.2, 0.25) is 0 Å². The average molecular weight is 341 g/mol. The zero-order valence-electron chi connectivity index (χ0n) is 14.4. The Kier molecular flexibility index (Phi) is 4.21. The Morgan fingerprint density at radius 1 is 1.28 bits per heavy atom. The van der Waals surface area contributed by atoms with Crippen molar-refractivity contribution in [3.63, 3.8) is 0 Å². The van der Waals surface area contributed by atoms with Crippen molar-refractivity contribution >= 4 is 11.6 Å². The summed E-state index contributed by atoms with van der Waals surface area (Å²) in [6.45, 7) is 2.13. The summed E-state index contributed by atoms with van der Waals surface area (Å²) in [6.07, 6.45) is 5.51. The number of aromatic nitrogens is 1. The van der Waals surface area contributed by atoms with Gasteiger partial charge in [0, 0.05) is 25.8 Å². The van der Waals surface area contributed by atoms with Gasteiger partial charge < -0.3 is 19.0 Å². The van der Waals surface area contributed by atoms with Crippen molar-refractivity contribution in [1.82, 2.24) is 9.88 Å². The largest absolute Gasteiger partial charge is 0.438 e. The third-order valence-corrected chi connectivity index (χ3v) is 5.51. The van der Waals surface area contributed by atoms with Crippen LogP contribution >= 0.6 is 0 Å². The zero-order valence-corrected chi connectivity index (χ0v) is 14.4. The Bertz CT molecular complexity index is 709. The molecule has 0 bridgehead atoms. The summed E-state index contributed by atoms with van der Waals surface area (Å²) in [5.41, 5.74) is 1.11. The maximum Gasteiger partial charge on any atom is 0.291 e. The molecule has 0 saturated carbocycles. The molecule has 6 heteroatoms. The van der Waals surface area contributed by atoms with E-state index in [1.807, 2.05) is 11.0 Å². The lowest BCUT2D eigenvalue weighted by Gasteiger charge is -2.38. The molecule has 0 radical (unpaired) electrons. The monoisotopic (exact) mass is 341 g/mol. The molecule has 2 aliphatic heterocycles. The van der Waals surface area contributed by atoms with Crippen LogP contribution in [0.4, 0.5) is 5.69 Å². The van der Waals surface area contributed by atoms with Crippen molar-refractivity contribution in [1.29, 1.82) is 0 Å². The lowest BCUT2D eigenvalue weighted by molar-refractivity contribution is -0.0392. The van der Waals surface area contributed by atoms with Gasteiger partial charge >= 0.3 is 0 Å². The molecule has 132 valence electrons. The maximum atomic E-state index is 12.4. The number of carbonyl (C=O) groups is 1. The van der Waals surface area contributed by atoms with E-state index in [-0.39, 0.29) is 11.5 Å². The Morgan fingerprint density at radius 3 is 2.72 bits per heavy atom. The molecule has 0 aliphatic carbocycles. The van der Waals surface area contributed by atoms with E-state index >= 15 is 0 Å². The fraction of sp³-hybridized carbons (Fsp3) is 0.474. The number of amides is 1. The number of ether oxygens (including phenoxy) is 1. The molecule has 1 aromatic carbocycles. The first kappa shape index (κ1) is 16.1. The summed E-state index contributed by atoms with van der Waals surface area (Å²) in [6, 6.07) is 10.8. The number of carbonyl (C=O) groups excluding carboxylic acids is 1. The molecule has 2 aromatic rings. The first-order chi connectivity index (χ1) is 12.2. The number of rotatable bonds is 3. The van der Waals surface area contributed by atoms with E-state index in [1.165, 1.54) is 18.3 Å². The summed E-state index contributed by atoms with van der Waals surface area (Å²) < 4.78 is 11.4. The van der Waals surface area contributed by atoms with Crippen LogP contribution < -0.4 is 4.90 Å². The summed E-state index contributed by atoms with van der Waals surface area (Å²) in [4.78, 5) is 20.3. The van der Waals surface area contributed by atoms with Crippen LogP contribution in [0.25, 0.3) is 0 Å². The molecule has 3 heterocycles. The molecular weight excluding hydrogens is 318 g/mol. The number of para-hydroxylation sites is 1. The first-order valence-corrected chi connectivity index (χ1v) is 8.76. The molecule has 25 heavy (non-hydrogen) atoms. The number of piperidine rings is 1. The van der Waals surface area contributed by atoms with Gasteiger partial charge in [-0.25, -0.2) is 4.98 Å². The molecule has 1 spiro atoms. The fourth-order valence-corrected chi connectivity index (χ4v) is 3.89. The van der Waals surface area contributed by atoms with E-state index in [4.69, 9.17) is 9.15 Å². The lowest BCUT2D eigenvalue weighted by Crippen LogP contribution is -2.47. The van der Waals surface area contributed by atoms with Crippen LogP contribution in [0, 0.1) is 0 Å². The number of hydrogen-bond donors (Lipinski definition) is 0. The number of hydrogen-bond acceptors (Lipinski definition) is 5. The van der Waals surface area contributed by atoms with Crippen molar-refractivity contribution < 1.29 is 13.9 Å². The quantitative estimate of drug-likeness (QED) is 0.859. The van der Waals surface area contributed by atoms with Gasteiger partial charge in [-0.3, -0.25) is 4.79 Å². The molecule has 2 fully saturated rings. The van der Waals surface area contributed by atoms with Crippen LogP contribution in [-0.4, -0.2) is 54.2 Å². The van der Waals surface area contributed by atoms with E-state index in [9.17, 15) is 4.79 Å². The van der Waals surface area contributed by atoms with E-state index in [1.54, 1.807) is 0 Å². The third-order valence-electron chi connectivity index (χ3n) is 5.51. The minimum absolute atomic E-state index is 0.0803. The molecule has 6 nitrogen and oxygen atoms in total.